The van der Waals surface area contributed by atoms with Crippen molar-refractivity contribution in [1.82, 2.24) is 5.32 Å². The lowest BCUT2D eigenvalue weighted by Crippen LogP contribution is -2.37. The molecule has 0 spiro atoms. The molecule has 0 saturated heterocycles. The van der Waals surface area contributed by atoms with Gasteiger partial charge in [0.2, 0.25) is 0 Å². The van der Waals surface area contributed by atoms with Crippen LogP contribution in [-0.4, -0.2) is 30.3 Å². The molecule has 2 saturated carbocycles. The van der Waals surface area contributed by atoms with Crippen LogP contribution in [0.5, 0.6) is 0 Å². The van der Waals surface area contributed by atoms with E-state index in [9.17, 15) is 5.11 Å². The van der Waals surface area contributed by atoms with Gasteiger partial charge in [-0.05, 0) is 50.5 Å². The van der Waals surface area contributed by atoms with Gasteiger partial charge in [-0.3, -0.25) is 0 Å². The molecule has 2 rings (SSSR count). The Morgan fingerprint density at radius 2 is 1.81 bits per heavy atom. The maximum atomic E-state index is 9.35. The lowest BCUT2D eigenvalue weighted by molar-refractivity contribution is 0.131. The molecular formula is C13H26N2O. The van der Waals surface area contributed by atoms with Crippen molar-refractivity contribution < 1.29 is 5.11 Å². The SMILES string of the molecule is NC1CCC(NCC2CCCCC2CO)C1. The topological polar surface area (TPSA) is 58.3 Å². The van der Waals surface area contributed by atoms with Gasteiger partial charge >= 0.3 is 0 Å². The molecule has 0 radical (unpaired) electrons. The number of hydrogen-bond donors (Lipinski definition) is 3. The standard InChI is InChI=1S/C13H26N2O/c14-12-5-6-13(7-12)15-8-10-3-1-2-4-11(10)9-16/h10-13,15-16H,1-9,14H2. The van der Waals surface area contributed by atoms with Crippen LogP contribution in [0.2, 0.25) is 0 Å². The molecular weight excluding hydrogens is 200 g/mol. The summed E-state index contributed by atoms with van der Waals surface area (Å²) in [6.45, 7) is 1.46. The highest BCUT2D eigenvalue weighted by atomic mass is 16.3. The van der Waals surface area contributed by atoms with Gasteiger partial charge in [-0.15, -0.1) is 0 Å². The highest BCUT2D eigenvalue weighted by molar-refractivity contribution is 4.85. The Kier molecular flexibility index (Phi) is 4.62. The van der Waals surface area contributed by atoms with Crippen LogP contribution >= 0.6 is 0 Å². The molecule has 4 atom stereocenters. The fraction of sp³-hybridized carbons (Fsp3) is 1.00. The van der Waals surface area contributed by atoms with Gasteiger partial charge < -0.3 is 16.2 Å². The summed E-state index contributed by atoms with van der Waals surface area (Å²) in [6, 6.07) is 1.05. The van der Waals surface area contributed by atoms with Crippen molar-refractivity contribution >= 4 is 0 Å². The molecule has 94 valence electrons. The summed E-state index contributed by atoms with van der Waals surface area (Å²) < 4.78 is 0. The van der Waals surface area contributed by atoms with Gasteiger partial charge in [0, 0.05) is 18.7 Å². The van der Waals surface area contributed by atoms with Crippen LogP contribution in [0.25, 0.3) is 0 Å². The van der Waals surface area contributed by atoms with Crippen molar-refractivity contribution in [1.29, 1.82) is 0 Å². The van der Waals surface area contributed by atoms with Crippen molar-refractivity contribution in [2.75, 3.05) is 13.2 Å². The largest absolute Gasteiger partial charge is 0.396 e. The van der Waals surface area contributed by atoms with Crippen LogP contribution in [0.15, 0.2) is 0 Å². The maximum absolute atomic E-state index is 9.35. The lowest BCUT2D eigenvalue weighted by atomic mass is 9.79. The van der Waals surface area contributed by atoms with Gasteiger partial charge in [-0.25, -0.2) is 0 Å². The van der Waals surface area contributed by atoms with Crippen LogP contribution in [0.3, 0.4) is 0 Å². The summed E-state index contributed by atoms with van der Waals surface area (Å²) in [5.41, 5.74) is 5.91. The van der Waals surface area contributed by atoms with Crippen LogP contribution in [0, 0.1) is 11.8 Å². The quantitative estimate of drug-likeness (QED) is 0.676. The number of aliphatic hydroxyl groups is 1. The predicted octanol–water partition coefficient (Wildman–Crippen LogP) is 1.25. The maximum Gasteiger partial charge on any atom is 0.0462 e. The number of rotatable bonds is 4. The molecule has 2 aliphatic rings. The fourth-order valence-electron chi connectivity index (χ4n) is 3.31. The highest BCUT2D eigenvalue weighted by Crippen LogP contribution is 2.29. The molecule has 0 bridgehead atoms. The molecule has 0 aliphatic heterocycles. The summed E-state index contributed by atoms with van der Waals surface area (Å²) in [5, 5.41) is 13.0. The van der Waals surface area contributed by atoms with E-state index in [1.165, 1.54) is 38.5 Å². The molecule has 2 fully saturated rings. The Balaban J connectivity index is 1.71. The van der Waals surface area contributed by atoms with Crippen molar-refractivity contribution in [2.24, 2.45) is 17.6 Å². The third-order valence-electron chi connectivity index (χ3n) is 4.44. The summed E-state index contributed by atoms with van der Waals surface area (Å²) >= 11 is 0. The number of hydrogen-bond acceptors (Lipinski definition) is 3. The number of nitrogens with two attached hydrogens (primary N) is 1. The Labute approximate surface area is 98.8 Å². The van der Waals surface area contributed by atoms with Gasteiger partial charge in [0.05, 0.1) is 0 Å². The van der Waals surface area contributed by atoms with E-state index in [-0.39, 0.29) is 0 Å². The summed E-state index contributed by atoms with van der Waals surface area (Å²) in [5.74, 6) is 1.23. The molecule has 2 aliphatic carbocycles. The third kappa shape index (κ3) is 3.19. The Morgan fingerprint density at radius 1 is 1.06 bits per heavy atom. The van der Waals surface area contributed by atoms with Crippen molar-refractivity contribution in [3.8, 4) is 0 Å². The monoisotopic (exact) mass is 226 g/mol. The molecule has 16 heavy (non-hydrogen) atoms. The normalized spacial score (nSPS) is 40.1. The molecule has 4 N–H and O–H groups in total. The smallest absolute Gasteiger partial charge is 0.0462 e. The van der Waals surface area contributed by atoms with Gasteiger partial charge in [0.1, 0.15) is 0 Å². The van der Waals surface area contributed by atoms with Crippen LogP contribution in [0.1, 0.15) is 44.9 Å². The Morgan fingerprint density at radius 3 is 2.44 bits per heavy atom. The minimum absolute atomic E-state index is 0.372. The average Bonchev–Trinajstić information content (AvgIpc) is 2.73. The molecule has 0 aromatic carbocycles. The van der Waals surface area contributed by atoms with Gasteiger partial charge in [0.25, 0.3) is 0 Å². The van der Waals surface area contributed by atoms with E-state index in [0.29, 0.717) is 30.5 Å². The van der Waals surface area contributed by atoms with Crippen LogP contribution in [0.4, 0.5) is 0 Å². The Hall–Kier alpha value is -0.120. The number of nitrogens with one attached hydrogen (secondary N) is 1. The summed E-state index contributed by atoms with van der Waals surface area (Å²) in [4.78, 5) is 0. The van der Waals surface area contributed by atoms with Gasteiger partial charge in [-0.2, -0.15) is 0 Å². The zero-order valence-corrected chi connectivity index (χ0v) is 10.2. The van der Waals surface area contributed by atoms with Crippen LogP contribution < -0.4 is 11.1 Å². The van der Waals surface area contributed by atoms with E-state index in [1.807, 2.05) is 0 Å². The zero-order valence-electron chi connectivity index (χ0n) is 10.2. The van der Waals surface area contributed by atoms with Crippen molar-refractivity contribution in [3.63, 3.8) is 0 Å². The predicted molar refractivity (Wildman–Crippen MR) is 66.2 cm³/mol. The minimum atomic E-state index is 0.372. The first-order valence-electron chi connectivity index (χ1n) is 6.89. The van der Waals surface area contributed by atoms with E-state index >= 15 is 0 Å². The summed E-state index contributed by atoms with van der Waals surface area (Å²) in [6.07, 6.45) is 8.69. The first-order chi connectivity index (χ1) is 7.79. The first-order valence-corrected chi connectivity index (χ1v) is 6.89. The molecule has 0 heterocycles. The van der Waals surface area contributed by atoms with E-state index in [4.69, 9.17) is 5.73 Å². The molecule has 4 unspecified atom stereocenters. The first kappa shape index (κ1) is 12.3. The van der Waals surface area contributed by atoms with E-state index in [0.717, 1.165) is 13.0 Å². The molecule has 0 amide bonds. The number of aliphatic hydroxyl groups excluding tert-OH is 1. The second-order valence-corrected chi connectivity index (χ2v) is 5.67. The molecule has 0 aromatic heterocycles. The van der Waals surface area contributed by atoms with E-state index < -0.39 is 0 Å². The zero-order chi connectivity index (χ0) is 11.4. The average molecular weight is 226 g/mol. The van der Waals surface area contributed by atoms with Crippen molar-refractivity contribution in [2.45, 2.75) is 57.0 Å². The second kappa shape index (κ2) is 5.99. The van der Waals surface area contributed by atoms with E-state index in [1.54, 1.807) is 0 Å². The van der Waals surface area contributed by atoms with Crippen LogP contribution in [-0.2, 0) is 0 Å². The highest BCUT2D eigenvalue weighted by Gasteiger charge is 2.26. The molecule has 0 aromatic rings. The molecule has 3 heteroatoms. The van der Waals surface area contributed by atoms with Gasteiger partial charge in [-0.1, -0.05) is 12.8 Å². The van der Waals surface area contributed by atoms with Crippen molar-refractivity contribution in [3.05, 3.63) is 0 Å². The second-order valence-electron chi connectivity index (χ2n) is 5.67. The third-order valence-corrected chi connectivity index (χ3v) is 4.44. The summed E-state index contributed by atoms with van der Waals surface area (Å²) in [7, 11) is 0. The van der Waals surface area contributed by atoms with E-state index in [2.05, 4.69) is 5.32 Å². The minimum Gasteiger partial charge on any atom is -0.396 e. The molecule has 3 nitrogen and oxygen atoms in total. The Bertz CT molecular complexity index is 210. The lowest BCUT2D eigenvalue weighted by Gasteiger charge is -2.31. The fourth-order valence-corrected chi connectivity index (χ4v) is 3.31. The van der Waals surface area contributed by atoms with Gasteiger partial charge in [0.15, 0.2) is 0 Å².